The van der Waals surface area contributed by atoms with Gasteiger partial charge in [-0.2, -0.15) is 0 Å². The minimum atomic E-state index is -0.543. The number of para-hydroxylation sites is 1. The van der Waals surface area contributed by atoms with Crippen LogP contribution in [-0.2, 0) is 9.53 Å². The number of aryl methyl sites for hydroxylation is 1. The summed E-state index contributed by atoms with van der Waals surface area (Å²) in [4.78, 5) is 24.0. The molecule has 1 N–H and O–H groups in total. The maximum atomic E-state index is 12.0. The van der Waals surface area contributed by atoms with Crippen LogP contribution in [0.25, 0.3) is 0 Å². The van der Waals surface area contributed by atoms with E-state index in [-0.39, 0.29) is 12.5 Å². The van der Waals surface area contributed by atoms with Crippen LogP contribution in [-0.4, -0.2) is 25.1 Å². The van der Waals surface area contributed by atoms with Gasteiger partial charge in [0.1, 0.15) is 5.75 Å². The van der Waals surface area contributed by atoms with Crippen LogP contribution in [0.4, 0.5) is 5.69 Å². The van der Waals surface area contributed by atoms with Crippen molar-refractivity contribution in [1.82, 2.24) is 0 Å². The summed E-state index contributed by atoms with van der Waals surface area (Å²) in [5.41, 5.74) is 2.03. The van der Waals surface area contributed by atoms with Gasteiger partial charge in [0.05, 0.1) is 12.2 Å². The minimum Gasteiger partial charge on any atom is -0.494 e. The zero-order valence-electron chi connectivity index (χ0n) is 15.5. The Labute approximate surface area is 154 Å². The number of anilines is 1. The molecule has 0 saturated heterocycles. The molecule has 1 amide bonds. The number of hydrogen-bond donors (Lipinski definition) is 1. The molecule has 0 unspecified atom stereocenters. The molecule has 0 atom stereocenters. The summed E-state index contributed by atoms with van der Waals surface area (Å²) < 4.78 is 10.7. The van der Waals surface area contributed by atoms with Crippen LogP contribution in [0, 0.1) is 12.8 Å². The molecule has 5 heteroatoms. The number of benzene rings is 2. The van der Waals surface area contributed by atoms with Gasteiger partial charge < -0.3 is 14.8 Å². The van der Waals surface area contributed by atoms with E-state index in [1.807, 2.05) is 25.1 Å². The van der Waals surface area contributed by atoms with Crippen LogP contribution < -0.4 is 10.1 Å². The summed E-state index contributed by atoms with van der Waals surface area (Å²) >= 11 is 0. The number of rotatable bonds is 8. The van der Waals surface area contributed by atoms with Gasteiger partial charge in [0.25, 0.3) is 5.91 Å². The number of esters is 1. The molecule has 0 fully saturated rings. The molecule has 0 saturated carbocycles. The standard InChI is InChI=1S/C21H25NO4/c1-15(2)12-13-25-18-10-8-17(9-11-18)21(24)26-14-20(23)22-19-7-5-4-6-16(19)3/h4-11,15H,12-14H2,1-3H3,(H,22,23). The first kappa shape index (κ1) is 19.5. The Balaban J connectivity index is 1.80. The second kappa shape index (κ2) is 9.61. The maximum absolute atomic E-state index is 12.0. The Morgan fingerprint density at radius 2 is 1.73 bits per heavy atom. The van der Waals surface area contributed by atoms with Crippen molar-refractivity contribution < 1.29 is 19.1 Å². The van der Waals surface area contributed by atoms with Crippen LogP contribution in [0.15, 0.2) is 48.5 Å². The summed E-state index contributed by atoms with van der Waals surface area (Å²) in [6.45, 7) is 6.47. The van der Waals surface area contributed by atoms with Gasteiger partial charge >= 0.3 is 5.97 Å². The van der Waals surface area contributed by atoms with Gasteiger partial charge in [-0.25, -0.2) is 4.79 Å². The highest BCUT2D eigenvalue weighted by Gasteiger charge is 2.11. The normalized spacial score (nSPS) is 10.5. The lowest BCUT2D eigenvalue weighted by atomic mass is 10.1. The molecule has 0 spiro atoms. The van der Waals surface area contributed by atoms with E-state index in [9.17, 15) is 9.59 Å². The van der Waals surface area contributed by atoms with Crippen LogP contribution >= 0.6 is 0 Å². The number of ether oxygens (including phenoxy) is 2. The molecule has 2 aromatic rings. The van der Waals surface area contributed by atoms with Gasteiger partial charge in [-0.3, -0.25) is 4.79 Å². The van der Waals surface area contributed by atoms with E-state index in [1.54, 1.807) is 30.3 Å². The van der Waals surface area contributed by atoms with E-state index in [0.717, 1.165) is 12.0 Å². The molecular formula is C21H25NO4. The van der Waals surface area contributed by atoms with Gasteiger partial charge in [-0.05, 0) is 55.2 Å². The average molecular weight is 355 g/mol. The Morgan fingerprint density at radius 1 is 1.04 bits per heavy atom. The van der Waals surface area contributed by atoms with Crippen molar-refractivity contribution in [2.75, 3.05) is 18.5 Å². The summed E-state index contributed by atoms with van der Waals surface area (Å²) in [7, 11) is 0. The fourth-order valence-electron chi connectivity index (χ4n) is 2.21. The number of hydrogen-bond acceptors (Lipinski definition) is 4. The predicted molar refractivity (Wildman–Crippen MR) is 101 cm³/mol. The molecule has 0 aliphatic heterocycles. The number of amides is 1. The molecule has 0 bridgehead atoms. The molecular weight excluding hydrogens is 330 g/mol. The third kappa shape index (κ3) is 6.24. The first-order valence-corrected chi connectivity index (χ1v) is 8.71. The fourth-order valence-corrected chi connectivity index (χ4v) is 2.21. The topological polar surface area (TPSA) is 64.6 Å². The quantitative estimate of drug-likeness (QED) is 0.720. The molecule has 0 heterocycles. The first-order valence-electron chi connectivity index (χ1n) is 8.71. The van der Waals surface area contributed by atoms with E-state index < -0.39 is 5.97 Å². The second-order valence-corrected chi connectivity index (χ2v) is 6.49. The van der Waals surface area contributed by atoms with Gasteiger partial charge in [0, 0.05) is 5.69 Å². The second-order valence-electron chi connectivity index (χ2n) is 6.49. The third-order valence-electron chi connectivity index (χ3n) is 3.81. The molecule has 26 heavy (non-hydrogen) atoms. The summed E-state index contributed by atoms with van der Waals surface area (Å²) in [6.07, 6.45) is 0.972. The Morgan fingerprint density at radius 3 is 2.38 bits per heavy atom. The minimum absolute atomic E-state index is 0.334. The molecule has 0 radical (unpaired) electrons. The number of carbonyl (C=O) groups is 2. The molecule has 0 aliphatic rings. The van der Waals surface area contributed by atoms with Crippen molar-refractivity contribution in [2.24, 2.45) is 5.92 Å². The zero-order valence-corrected chi connectivity index (χ0v) is 15.5. The highest BCUT2D eigenvalue weighted by Crippen LogP contribution is 2.15. The molecule has 2 rings (SSSR count). The molecule has 138 valence electrons. The van der Waals surface area contributed by atoms with Crippen molar-refractivity contribution in [3.05, 3.63) is 59.7 Å². The molecule has 0 aliphatic carbocycles. The van der Waals surface area contributed by atoms with E-state index in [0.29, 0.717) is 29.5 Å². The van der Waals surface area contributed by atoms with Crippen LogP contribution in [0.2, 0.25) is 0 Å². The van der Waals surface area contributed by atoms with Crippen LogP contribution in [0.5, 0.6) is 5.75 Å². The smallest absolute Gasteiger partial charge is 0.338 e. The van der Waals surface area contributed by atoms with Crippen molar-refractivity contribution in [2.45, 2.75) is 27.2 Å². The van der Waals surface area contributed by atoms with Crippen molar-refractivity contribution in [3.63, 3.8) is 0 Å². The summed E-state index contributed by atoms with van der Waals surface area (Å²) in [5, 5.41) is 2.72. The zero-order chi connectivity index (χ0) is 18.9. The Kier molecular flexibility index (Phi) is 7.21. The van der Waals surface area contributed by atoms with Crippen LogP contribution in [0.1, 0.15) is 36.2 Å². The highest BCUT2D eigenvalue weighted by atomic mass is 16.5. The molecule has 2 aromatic carbocycles. The predicted octanol–water partition coefficient (Wildman–Crippen LogP) is 4.22. The van der Waals surface area contributed by atoms with E-state index in [4.69, 9.17) is 9.47 Å². The van der Waals surface area contributed by atoms with Crippen molar-refractivity contribution in [3.8, 4) is 5.75 Å². The van der Waals surface area contributed by atoms with Crippen LogP contribution in [0.3, 0.4) is 0 Å². The first-order chi connectivity index (χ1) is 12.5. The SMILES string of the molecule is Cc1ccccc1NC(=O)COC(=O)c1ccc(OCCC(C)C)cc1. The summed E-state index contributed by atoms with van der Waals surface area (Å²) in [5.74, 6) is 0.370. The summed E-state index contributed by atoms with van der Waals surface area (Å²) in [6, 6.07) is 14.1. The average Bonchev–Trinajstić information content (AvgIpc) is 2.62. The number of nitrogens with one attached hydrogen (secondary N) is 1. The van der Waals surface area contributed by atoms with E-state index >= 15 is 0 Å². The van der Waals surface area contributed by atoms with Gasteiger partial charge in [-0.1, -0.05) is 32.0 Å². The maximum Gasteiger partial charge on any atom is 0.338 e. The van der Waals surface area contributed by atoms with Gasteiger partial charge in [-0.15, -0.1) is 0 Å². The van der Waals surface area contributed by atoms with Crippen molar-refractivity contribution >= 4 is 17.6 Å². The monoisotopic (exact) mass is 355 g/mol. The lowest BCUT2D eigenvalue weighted by Gasteiger charge is -2.10. The lowest BCUT2D eigenvalue weighted by molar-refractivity contribution is -0.119. The van der Waals surface area contributed by atoms with Gasteiger partial charge in [0.2, 0.25) is 0 Å². The fraction of sp³-hybridized carbons (Fsp3) is 0.333. The van der Waals surface area contributed by atoms with Crippen molar-refractivity contribution in [1.29, 1.82) is 0 Å². The molecule has 0 aromatic heterocycles. The Bertz CT molecular complexity index is 738. The Hall–Kier alpha value is -2.82. The molecule has 5 nitrogen and oxygen atoms in total. The van der Waals surface area contributed by atoms with E-state index in [2.05, 4.69) is 19.2 Å². The van der Waals surface area contributed by atoms with E-state index in [1.165, 1.54) is 0 Å². The number of carbonyl (C=O) groups excluding carboxylic acids is 2. The highest BCUT2D eigenvalue weighted by molar-refractivity contribution is 5.95. The third-order valence-corrected chi connectivity index (χ3v) is 3.81. The lowest BCUT2D eigenvalue weighted by Crippen LogP contribution is -2.21. The van der Waals surface area contributed by atoms with Gasteiger partial charge in [0.15, 0.2) is 6.61 Å². The largest absolute Gasteiger partial charge is 0.494 e.